The molecule has 1 heterocycles. The molecular weight excluding hydrogens is 610 g/mol. The zero-order chi connectivity index (χ0) is 33.4. The van der Waals surface area contributed by atoms with E-state index in [4.69, 9.17) is 9.47 Å². The van der Waals surface area contributed by atoms with Crippen LogP contribution in [0.4, 0.5) is 32.0 Å². The average molecular weight is 649 g/mol. The summed E-state index contributed by atoms with van der Waals surface area (Å²) in [7, 11) is 0. The van der Waals surface area contributed by atoms with Crippen molar-refractivity contribution in [3.8, 4) is 17.2 Å². The van der Waals surface area contributed by atoms with Gasteiger partial charge in [-0.25, -0.2) is 13.2 Å². The molecule has 0 fully saturated rings. The number of benzene rings is 3. The van der Waals surface area contributed by atoms with Crippen molar-refractivity contribution in [2.45, 2.75) is 84.0 Å². The zero-order valence-corrected chi connectivity index (χ0v) is 25.9. The summed E-state index contributed by atoms with van der Waals surface area (Å²) < 4.78 is 96.4. The number of rotatable bonds is 15. The lowest BCUT2D eigenvalue weighted by Crippen LogP contribution is -2.16. The van der Waals surface area contributed by atoms with Crippen molar-refractivity contribution in [3.05, 3.63) is 83.0 Å². The molecule has 0 saturated heterocycles. The number of hydrogen-bond acceptors (Lipinski definition) is 3. The van der Waals surface area contributed by atoms with Gasteiger partial charge in [0.15, 0.2) is 6.17 Å². The van der Waals surface area contributed by atoms with E-state index in [-0.39, 0.29) is 17.2 Å². The lowest BCUT2D eigenvalue weighted by molar-refractivity contribution is -0.138. The number of carbonyl (C=O) groups excluding carboxylic acids is 1. The van der Waals surface area contributed by atoms with E-state index in [1.54, 1.807) is 24.4 Å². The van der Waals surface area contributed by atoms with Gasteiger partial charge in [0, 0.05) is 33.9 Å². The molecule has 0 bridgehead atoms. The summed E-state index contributed by atoms with van der Waals surface area (Å²) in [6.07, 6.45) is -3.57. The second-order valence-electron chi connectivity index (χ2n) is 11.5. The third-order valence-corrected chi connectivity index (χ3v) is 7.61. The average Bonchev–Trinajstić information content (AvgIpc) is 3.44. The van der Waals surface area contributed by atoms with Gasteiger partial charge in [-0.3, -0.25) is 4.79 Å². The standard InChI is InChI=1S/C35H38F6N2O3/c1-4-5-6-7-8-9-16-45-24-12-10-22(11-13-24)34(44)43-23-17-27(31(36)33(37)38)32(29(18-23)35(39,40)41)46-25-14-15-30-26(19-25)28(20-42-30)21(2)3/h10-15,17-21,31,33,42H,4-9,16H2,1-3H3,(H,43,44). The number of aromatic nitrogens is 1. The Morgan fingerprint density at radius 2 is 1.54 bits per heavy atom. The van der Waals surface area contributed by atoms with Crippen LogP contribution in [0.3, 0.4) is 0 Å². The number of nitrogens with one attached hydrogen (secondary N) is 2. The minimum absolute atomic E-state index is 0.0658. The van der Waals surface area contributed by atoms with Crippen LogP contribution in [-0.2, 0) is 6.18 Å². The van der Waals surface area contributed by atoms with E-state index in [1.165, 1.54) is 37.1 Å². The summed E-state index contributed by atoms with van der Waals surface area (Å²) in [4.78, 5) is 16.0. The highest BCUT2D eigenvalue weighted by Crippen LogP contribution is 2.46. The second kappa shape index (κ2) is 15.4. The number of halogens is 6. The van der Waals surface area contributed by atoms with Crippen LogP contribution in [0, 0.1) is 0 Å². The third kappa shape index (κ3) is 8.76. The van der Waals surface area contributed by atoms with E-state index >= 15 is 0 Å². The molecule has 0 spiro atoms. The number of anilines is 1. The molecule has 1 atom stereocenters. The van der Waals surface area contributed by atoms with Gasteiger partial charge in [-0.1, -0.05) is 52.9 Å². The Kier molecular flexibility index (Phi) is 11.6. The molecule has 5 nitrogen and oxygen atoms in total. The first-order valence-electron chi connectivity index (χ1n) is 15.4. The summed E-state index contributed by atoms with van der Waals surface area (Å²) in [6.45, 7) is 6.51. The van der Waals surface area contributed by atoms with E-state index < -0.39 is 47.2 Å². The van der Waals surface area contributed by atoms with Crippen molar-refractivity contribution in [1.29, 1.82) is 0 Å². The lowest BCUT2D eigenvalue weighted by atomic mass is 10.0. The Hall–Kier alpha value is -4.15. The van der Waals surface area contributed by atoms with Gasteiger partial charge in [-0.2, -0.15) is 13.2 Å². The quantitative estimate of drug-likeness (QED) is 0.0996. The maximum absolute atomic E-state index is 14.9. The van der Waals surface area contributed by atoms with Gasteiger partial charge in [0.1, 0.15) is 22.8 Å². The van der Waals surface area contributed by atoms with Gasteiger partial charge in [-0.15, -0.1) is 0 Å². The normalized spacial score (nSPS) is 12.6. The fourth-order valence-electron chi connectivity index (χ4n) is 5.15. The molecule has 248 valence electrons. The van der Waals surface area contributed by atoms with Crippen LogP contribution in [-0.4, -0.2) is 23.9 Å². The fraction of sp³-hybridized carbons (Fsp3) is 0.400. The Balaban J connectivity index is 1.58. The van der Waals surface area contributed by atoms with Crippen molar-refractivity contribution < 1.29 is 40.6 Å². The molecule has 0 radical (unpaired) electrons. The number of amides is 1. The molecule has 3 aromatic carbocycles. The highest BCUT2D eigenvalue weighted by molar-refractivity contribution is 6.04. The van der Waals surface area contributed by atoms with E-state index in [0.717, 1.165) is 37.3 Å². The van der Waals surface area contributed by atoms with Crippen LogP contribution in [0.1, 0.15) is 98.4 Å². The second-order valence-corrected chi connectivity index (χ2v) is 11.5. The van der Waals surface area contributed by atoms with E-state index in [9.17, 15) is 31.1 Å². The maximum atomic E-state index is 14.9. The summed E-state index contributed by atoms with van der Waals surface area (Å²) in [5.41, 5.74) is -1.44. The van der Waals surface area contributed by atoms with Gasteiger partial charge in [0.2, 0.25) is 0 Å². The van der Waals surface area contributed by atoms with Gasteiger partial charge < -0.3 is 19.8 Å². The summed E-state index contributed by atoms with van der Waals surface area (Å²) in [5, 5.41) is 2.94. The van der Waals surface area contributed by atoms with Crippen LogP contribution in [0.2, 0.25) is 0 Å². The van der Waals surface area contributed by atoms with E-state index in [1.807, 2.05) is 13.8 Å². The highest BCUT2D eigenvalue weighted by atomic mass is 19.4. The zero-order valence-electron chi connectivity index (χ0n) is 25.9. The molecule has 0 aliphatic heterocycles. The Morgan fingerprint density at radius 3 is 2.20 bits per heavy atom. The molecule has 4 aromatic rings. The number of ether oxygens (including phenoxy) is 2. The lowest BCUT2D eigenvalue weighted by Gasteiger charge is -2.21. The maximum Gasteiger partial charge on any atom is 0.420 e. The molecule has 1 unspecified atom stereocenters. The number of aromatic amines is 1. The van der Waals surface area contributed by atoms with Crippen LogP contribution < -0.4 is 14.8 Å². The predicted molar refractivity (Wildman–Crippen MR) is 167 cm³/mol. The minimum Gasteiger partial charge on any atom is -0.494 e. The number of alkyl halides is 6. The molecule has 1 amide bonds. The number of unbranched alkanes of at least 4 members (excludes halogenated alkanes) is 5. The van der Waals surface area contributed by atoms with E-state index in [0.29, 0.717) is 29.3 Å². The van der Waals surface area contributed by atoms with Gasteiger partial charge >= 0.3 is 6.18 Å². The number of carbonyl (C=O) groups is 1. The predicted octanol–water partition coefficient (Wildman–Crippen LogP) is 11.4. The SMILES string of the molecule is CCCCCCCCOc1ccc(C(=O)Nc2cc(C(F)C(F)F)c(Oc3ccc4[nH]cc(C(C)C)c4c3)c(C(F)(F)F)c2)cc1. The van der Waals surface area contributed by atoms with Crippen LogP contribution >= 0.6 is 0 Å². The van der Waals surface area contributed by atoms with Crippen molar-refractivity contribution in [3.63, 3.8) is 0 Å². The van der Waals surface area contributed by atoms with E-state index in [2.05, 4.69) is 17.2 Å². The highest BCUT2D eigenvalue weighted by Gasteiger charge is 2.39. The summed E-state index contributed by atoms with van der Waals surface area (Å²) >= 11 is 0. The fourth-order valence-corrected chi connectivity index (χ4v) is 5.15. The summed E-state index contributed by atoms with van der Waals surface area (Å²) in [5.74, 6) is -1.44. The number of H-pyrrole nitrogens is 1. The third-order valence-electron chi connectivity index (χ3n) is 7.61. The molecule has 46 heavy (non-hydrogen) atoms. The van der Waals surface area contributed by atoms with Gasteiger partial charge in [0.25, 0.3) is 12.3 Å². The van der Waals surface area contributed by atoms with Gasteiger partial charge in [-0.05, 0) is 72.5 Å². The number of hydrogen-bond donors (Lipinski definition) is 2. The molecule has 0 aliphatic carbocycles. The van der Waals surface area contributed by atoms with Crippen LogP contribution in [0.15, 0.2) is 60.8 Å². The first-order valence-corrected chi connectivity index (χ1v) is 15.4. The molecule has 1 aromatic heterocycles. The van der Waals surface area contributed by atoms with Crippen LogP contribution in [0.5, 0.6) is 17.2 Å². The Bertz CT molecular complexity index is 1600. The monoisotopic (exact) mass is 648 g/mol. The molecular formula is C35H38F6N2O3. The first-order chi connectivity index (χ1) is 21.9. The molecule has 2 N–H and O–H groups in total. The Labute approximate surface area is 264 Å². The first kappa shape index (κ1) is 34.7. The molecule has 0 saturated carbocycles. The van der Waals surface area contributed by atoms with Crippen LogP contribution in [0.25, 0.3) is 10.9 Å². The van der Waals surface area contributed by atoms with Gasteiger partial charge in [0.05, 0.1) is 6.61 Å². The molecule has 0 aliphatic rings. The smallest absolute Gasteiger partial charge is 0.420 e. The Morgan fingerprint density at radius 1 is 0.870 bits per heavy atom. The van der Waals surface area contributed by atoms with Crippen molar-refractivity contribution in [1.82, 2.24) is 4.98 Å². The number of fused-ring (bicyclic) bond motifs is 1. The summed E-state index contributed by atoms with van der Waals surface area (Å²) in [6, 6.07) is 11.6. The topological polar surface area (TPSA) is 63.4 Å². The molecule has 11 heteroatoms. The van der Waals surface area contributed by atoms with Crippen molar-refractivity contribution >= 4 is 22.5 Å². The molecule has 4 rings (SSSR count). The minimum atomic E-state index is -5.14. The van der Waals surface area contributed by atoms with Crippen molar-refractivity contribution in [2.24, 2.45) is 0 Å². The van der Waals surface area contributed by atoms with Crippen molar-refractivity contribution in [2.75, 3.05) is 11.9 Å². The largest absolute Gasteiger partial charge is 0.494 e.